The Hall–Kier alpha value is -2.28. The van der Waals surface area contributed by atoms with Gasteiger partial charge in [0.15, 0.2) is 0 Å². The van der Waals surface area contributed by atoms with Gasteiger partial charge in [0.05, 0.1) is 18.4 Å². The summed E-state index contributed by atoms with van der Waals surface area (Å²) in [5, 5.41) is 10.2. The highest BCUT2D eigenvalue weighted by molar-refractivity contribution is 5.52. The van der Waals surface area contributed by atoms with Gasteiger partial charge in [-0.2, -0.15) is 0 Å². The molecule has 1 atom stereocenters. The molecule has 1 aromatic heterocycles. The van der Waals surface area contributed by atoms with E-state index in [4.69, 9.17) is 14.7 Å². The molecule has 168 valence electrons. The van der Waals surface area contributed by atoms with Crippen LogP contribution in [0.15, 0.2) is 36.9 Å². The zero-order chi connectivity index (χ0) is 22.2. The largest absolute Gasteiger partial charge is 0.392 e. The predicted molar refractivity (Wildman–Crippen MR) is 126 cm³/mol. The minimum Gasteiger partial charge on any atom is -0.392 e. The molecule has 1 aliphatic rings. The van der Waals surface area contributed by atoms with E-state index >= 15 is 0 Å². The van der Waals surface area contributed by atoms with Crippen molar-refractivity contribution in [3.63, 3.8) is 0 Å². The molecule has 6 heteroatoms. The Labute approximate surface area is 186 Å². The van der Waals surface area contributed by atoms with Gasteiger partial charge < -0.3 is 14.7 Å². The highest BCUT2D eigenvalue weighted by atomic mass is 16.5. The highest BCUT2D eigenvalue weighted by Crippen LogP contribution is 2.26. The molecule has 0 radical (unpaired) electrons. The number of aryl methyl sites for hydroxylation is 2. The van der Waals surface area contributed by atoms with E-state index in [1.165, 1.54) is 11.1 Å². The quantitative estimate of drug-likeness (QED) is 0.591. The van der Waals surface area contributed by atoms with E-state index in [1.54, 1.807) is 7.11 Å². The van der Waals surface area contributed by atoms with Crippen LogP contribution in [0.25, 0.3) is 0 Å². The Morgan fingerprint density at radius 2 is 1.97 bits per heavy atom. The third-order valence-corrected chi connectivity index (χ3v) is 5.77. The Morgan fingerprint density at radius 1 is 1.19 bits per heavy atom. The lowest BCUT2D eigenvalue weighted by molar-refractivity contribution is 0.103. The first-order valence-corrected chi connectivity index (χ1v) is 11.2. The van der Waals surface area contributed by atoms with Crippen LogP contribution in [0.1, 0.15) is 41.1 Å². The number of piperazine rings is 1. The average molecular weight is 425 g/mol. The number of rotatable bonds is 10. The summed E-state index contributed by atoms with van der Waals surface area (Å²) in [5.74, 6) is 1.80. The van der Waals surface area contributed by atoms with Crippen LogP contribution < -0.4 is 4.90 Å². The lowest BCUT2D eigenvalue weighted by atomic mass is 10.0. The summed E-state index contributed by atoms with van der Waals surface area (Å²) < 4.78 is 5.47. The number of aromatic nitrogens is 2. The van der Waals surface area contributed by atoms with Crippen molar-refractivity contribution in [2.24, 2.45) is 0 Å². The van der Waals surface area contributed by atoms with Crippen molar-refractivity contribution in [1.82, 2.24) is 14.9 Å². The Balaban J connectivity index is 1.78. The normalized spacial score (nSPS) is 15.8. The van der Waals surface area contributed by atoms with Crippen LogP contribution in [0.2, 0.25) is 0 Å². The van der Waals surface area contributed by atoms with Gasteiger partial charge in [0.25, 0.3) is 0 Å². The van der Waals surface area contributed by atoms with Crippen molar-refractivity contribution in [2.45, 2.75) is 45.8 Å². The minimum atomic E-state index is -0.295. The zero-order valence-corrected chi connectivity index (χ0v) is 19.2. The SMILES string of the molecule is C=CCCC(O)CN1CCN(c2nc(C)nc(COC)c2Cc2cccc(C)c2)CC1. The van der Waals surface area contributed by atoms with Gasteiger partial charge >= 0.3 is 0 Å². The summed E-state index contributed by atoms with van der Waals surface area (Å²) in [5.41, 5.74) is 4.63. The van der Waals surface area contributed by atoms with E-state index in [0.29, 0.717) is 6.61 Å². The topological polar surface area (TPSA) is 61.7 Å². The molecule has 0 saturated carbocycles. The Morgan fingerprint density at radius 3 is 2.65 bits per heavy atom. The first-order valence-electron chi connectivity index (χ1n) is 11.2. The van der Waals surface area contributed by atoms with Crippen molar-refractivity contribution in [2.75, 3.05) is 44.7 Å². The van der Waals surface area contributed by atoms with Gasteiger partial charge in [-0.25, -0.2) is 9.97 Å². The fourth-order valence-corrected chi connectivity index (χ4v) is 4.20. The lowest BCUT2D eigenvalue weighted by Crippen LogP contribution is -2.49. The first kappa shape index (κ1) is 23.4. The number of benzene rings is 1. The smallest absolute Gasteiger partial charge is 0.136 e. The highest BCUT2D eigenvalue weighted by Gasteiger charge is 2.24. The van der Waals surface area contributed by atoms with Gasteiger partial charge in [0.1, 0.15) is 11.6 Å². The van der Waals surface area contributed by atoms with Crippen molar-refractivity contribution < 1.29 is 9.84 Å². The molecular formula is C25H36N4O2. The molecule has 3 rings (SSSR count). The molecule has 2 aromatic rings. The van der Waals surface area contributed by atoms with Crippen molar-refractivity contribution >= 4 is 5.82 Å². The maximum absolute atomic E-state index is 10.2. The zero-order valence-electron chi connectivity index (χ0n) is 19.2. The standard InChI is InChI=1S/C25H36N4O2/c1-5-6-10-22(30)17-28-11-13-29(14-12-28)25-23(16-21-9-7-8-19(2)15-21)24(18-31-4)26-20(3)27-25/h5,7-9,15,22,30H,1,6,10-14,16-18H2,2-4H3. The molecule has 0 aliphatic carbocycles. The molecule has 1 N–H and O–H groups in total. The molecular weight excluding hydrogens is 388 g/mol. The summed E-state index contributed by atoms with van der Waals surface area (Å²) in [7, 11) is 1.71. The lowest BCUT2D eigenvalue weighted by Gasteiger charge is -2.37. The van der Waals surface area contributed by atoms with E-state index in [2.05, 4.69) is 47.6 Å². The number of hydrogen-bond acceptors (Lipinski definition) is 6. The van der Waals surface area contributed by atoms with E-state index in [9.17, 15) is 5.11 Å². The fourth-order valence-electron chi connectivity index (χ4n) is 4.20. The number of anilines is 1. The average Bonchev–Trinajstić information content (AvgIpc) is 2.75. The number of hydrogen-bond donors (Lipinski definition) is 1. The molecule has 1 unspecified atom stereocenters. The minimum absolute atomic E-state index is 0.295. The van der Waals surface area contributed by atoms with Gasteiger partial charge in [-0.05, 0) is 32.3 Å². The molecule has 0 spiro atoms. The van der Waals surface area contributed by atoms with Crippen LogP contribution >= 0.6 is 0 Å². The maximum atomic E-state index is 10.2. The van der Waals surface area contributed by atoms with Crippen LogP contribution in [0.4, 0.5) is 5.82 Å². The molecule has 1 saturated heterocycles. The number of β-amino-alcohol motifs (C(OH)–C–C–N with tert-alkyl or cyclic N) is 1. The Kier molecular flexibility index (Phi) is 8.58. The molecule has 2 heterocycles. The number of aliphatic hydroxyl groups excluding tert-OH is 1. The van der Waals surface area contributed by atoms with Crippen molar-refractivity contribution in [3.05, 3.63) is 65.1 Å². The third-order valence-electron chi connectivity index (χ3n) is 5.77. The van der Waals surface area contributed by atoms with E-state index in [-0.39, 0.29) is 6.10 Å². The second kappa shape index (κ2) is 11.4. The van der Waals surface area contributed by atoms with E-state index < -0.39 is 0 Å². The molecule has 0 bridgehead atoms. The van der Waals surface area contributed by atoms with Crippen LogP contribution in [-0.4, -0.2) is 65.9 Å². The number of ether oxygens (including phenoxy) is 1. The molecule has 1 aliphatic heterocycles. The van der Waals surface area contributed by atoms with Gasteiger partial charge in [-0.1, -0.05) is 35.9 Å². The summed E-state index contributed by atoms with van der Waals surface area (Å²) in [6.45, 7) is 12.6. The monoisotopic (exact) mass is 424 g/mol. The summed E-state index contributed by atoms with van der Waals surface area (Å²) in [6, 6.07) is 8.61. The van der Waals surface area contributed by atoms with Gasteiger partial charge in [-0.3, -0.25) is 4.90 Å². The summed E-state index contributed by atoms with van der Waals surface area (Å²) in [6.07, 6.45) is 3.99. The van der Waals surface area contributed by atoms with E-state index in [1.807, 2.05) is 13.0 Å². The van der Waals surface area contributed by atoms with E-state index in [0.717, 1.165) is 74.9 Å². The van der Waals surface area contributed by atoms with Gasteiger partial charge in [0.2, 0.25) is 0 Å². The van der Waals surface area contributed by atoms with Gasteiger partial charge in [-0.15, -0.1) is 6.58 Å². The second-order valence-electron chi connectivity index (χ2n) is 8.43. The Bertz CT molecular complexity index is 863. The number of nitrogens with zero attached hydrogens (tertiary/aromatic N) is 4. The van der Waals surface area contributed by atoms with Crippen LogP contribution in [0.3, 0.4) is 0 Å². The van der Waals surface area contributed by atoms with Crippen LogP contribution in [-0.2, 0) is 17.8 Å². The molecule has 1 fully saturated rings. The van der Waals surface area contributed by atoms with Crippen LogP contribution in [0.5, 0.6) is 0 Å². The van der Waals surface area contributed by atoms with Gasteiger partial charge in [0, 0.05) is 51.8 Å². The number of aliphatic hydroxyl groups is 1. The summed E-state index contributed by atoms with van der Waals surface area (Å²) >= 11 is 0. The predicted octanol–water partition coefficient (Wildman–Crippen LogP) is 3.28. The maximum Gasteiger partial charge on any atom is 0.136 e. The third kappa shape index (κ3) is 6.60. The van der Waals surface area contributed by atoms with Crippen molar-refractivity contribution in [3.8, 4) is 0 Å². The second-order valence-corrected chi connectivity index (χ2v) is 8.43. The summed E-state index contributed by atoms with van der Waals surface area (Å²) in [4.78, 5) is 14.3. The fraction of sp³-hybridized carbons (Fsp3) is 0.520. The number of methoxy groups -OCH3 is 1. The first-order chi connectivity index (χ1) is 15.0. The number of allylic oxidation sites excluding steroid dienone is 1. The molecule has 6 nitrogen and oxygen atoms in total. The molecule has 31 heavy (non-hydrogen) atoms. The van der Waals surface area contributed by atoms with Crippen molar-refractivity contribution in [1.29, 1.82) is 0 Å². The molecule has 0 amide bonds. The molecule has 1 aromatic carbocycles. The van der Waals surface area contributed by atoms with Crippen LogP contribution in [0, 0.1) is 13.8 Å².